The highest BCUT2D eigenvalue weighted by molar-refractivity contribution is 6.31. The van der Waals surface area contributed by atoms with Crippen LogP contribution in [0.25, 0.3) is 0 Å². The van der Waals surface area contributed by atoms with Crippen molar-refractivity contribution in [3.05, 3.63) is 45.7 Å². The maximum atomic E-state index is 12.5. The van der Waals surface area contributed by atoms with Gasteiger partial charge in [-0.15, -0.1) is 0 Å². The van der Waals surface area contributed by atoms with E-state index >= 15 is 0 Å². The van der Waals surface area contributed by atoms with Gasteiger partial charge in [0.05, 0.1) is 25.5 Å². The Balaban J connectivity index is 2.36. The lowest BCUT2D eigenvalue weighted by atomic mass is 10.1. The first-order valence-corrected chi connectivity index (χ1v) is 7.19. The summed E-state index contributed by atoms with van der Waals surface area (Å²) in [4.78, 5) is 27.2. The predicted octanol–water partition coefficient (Wildman–Crippen LogP) is 3.33. The van der Waals surface area contributed by atoms with Gasteiger partial charge in [0.25, 0.3) is 5.91 Å². The van der Waals surface area contributed by atoms with E-state index in [2.05, 4.69) is 10.3 Å². The number of anilines is 1. The van der Waals surface area contributed by atoms with Crippen molar-refractivity contribution in [2.24, 2.45) is 0 Å². The third-order valence-corrected chi connectivity index (χ3v) is 3.70. The van der Waals surface area contributed by atoms with Crippen LogP contribution in [0.5, 0.6) is 5.75 Å². The number of carbonyl (C=O) groups is 2. The zero-order valence-corrected chi connectivity index (χ0v) is 14.0. The zero-order valence-electron chi connectivity index (χ0n) is 13.2. The summed E-state index contributed by atoms with van der Waals surface area (Å²) in [5.74, 6) is -0.408. The van der Waals surface area contributed by atoms with Gasteiger partial charge in [-0.2, -0.15) is 0 Å². The molecule has 0 saturated heterocycles. The van der Waals surface area contributed by atoms with Gasteiger partial charge >= 0.3 is 5.97 Å². The summed E-state index contributed by atoms with van der Waals surface area (Å²) >= 11 is 5.95. The van der Waals surface area contributed by atoms with Crippen molar-refractivity contribution >= 4 is 29.2 Å². The van der Waals surface area contributed by atoms with Crippen molar-refractivity contribution in [2.45, 2.75) is 13.8 Å². The number of nitrogens with one attached hydrogen (secondary N) is 2. The van der Waals surface area contributed by atoms with E-state index in [0.29, 0.717) is 33.3 Å². The average Bonchev–Trinajstić information content (AvgIpc) is 2.82. The molecule has 0 aliphatic carbocycles. The number of ether oxygens (including phenoxy) is 2. The van der Waals surface area contributed by atoms with Crippen LogP contribution in [0.2, 0.25) is 5.02 Å². The van der Waals surface area contributed by atoms with Crippen LogP contribution in [0.15, 0.2) is 18.2 Å². The monoisotopic (exact) mass is 336 g/mol. The van der Waals surface area contributed by atoms with Gasteiger partial charge in [0, 0.05) is 10.7 Å². The Morgan fingerprint density at radius 3 is 2.52 bits per heavy atom. The van der Waals surface area contributed by atoms with Gasteiger partial charge < -0.3 is 19.8 Å². The number of carbonyl (C=O) groups excluding carboxylic acids is 2. The van der Waals surface area contributed by atoms with Crippen molar-refractivity contribution in [3.8, 4) is 5.75 Å². The van der Waals surface area contributed by atoms with Crippen LogP contribution in [0.3, 0.4) is 0 Å². The molecule has 0 aliphatic heterocycles. The number of benzene rings is 1. The fraction of sp³-hybridized carbons (Fsp3) is 0.250. The molecule has 0 atom stereocenters. The van der Waals surface area contributed by atoms with Crippen LogP contribution in [0, 0.1) is 13.8 Å². The molecule has 0 spiro atoms. The Hall–Kier alpha value is -2.47. The van der Waals surface area contributed by atoms with E-state index in [1.165, 1.54) is 14.2 Å². The van der Waals surface area contributed by atoms with E-state index in [1.807, 2.05) is 0 Å². The number of aromatic amines is 1. The minimum absolute atomic E-state index is 0.282. The maximum absolute atomic E-state index is 12.5. The van der Waals surface area contributed by atoms with Gasteiger partial charge in [-0.3, -0.25) is 4.79 Å². The van der Waals surface area contributed by atoms with Crippen LogP contribution in [-0.4, -0.2) is 31.1 Å². The van der Waals surface area contributed by atoms with Crippen LogP contribution < -0.4 is 10.1 Å². The van der Waals surface area contributed by atoms with Crippen LogP contribution in [0.4, 0.5) is 5.69 Å². The van der Waals surface area contributed by atoms with Gasteiger partial charge in [0.15, 0.2) is 0 Å². The van der Waals surface area contributed by atoms with Crippen molar-refractivity contribution in [3.63, 3.8) is 0 Å². The molecule has 1 aromatic carbocycles. The fourth-order valence-corrected chi connectivity index (χ4v) is 2.52. The molecule has 0 fully saturated rings. The molecule has 23 heavy (non-hydrogen) atoms. The van der Waals surface area contributed by atoms with Crippen molar-refractivity contribution in [2.75, 3.05) is 19.5 Å². The molecule has 6 nitrogen and oxygen atoms in total. The molecule has 0 bridgehead atoms. The van der Waals surface area contributed by atoms with E-state index in [1.54, 1.807) is 32.0 Å². The summed E-state index contributed by atoms with van der Waals surface area (Å²) < 4.78 is 9.93. The number of esters is 1. The molecule has 2 N–H and O–H groups in total. The number of H-pyrrole nitrogens is 1. The quantitative estimate of drug-likeness (QED) is 0.839. The molecule has 0 saturated carbocycles. The SMILES string of the molecule is COC(=O)c1c(C)[nH]c(C(=O)Nc2cc(Cl)ccc2OC)c1C. The number of aryl methyl sites for hydroxylation is 1. The maximum Gasteiger partial charge on any atom is 0.339 e. The Labute approximate surface area is 138 Å². The van der Waals surface area contributed by atoms with Gasteiger partial charge in [-0.1, -0.05) is 11.6 Å². The number of aromatic nitrogens is 1. The third-order valence-electron chi connectivity index (χ3n) is 3.46. The van der Waals surface area contributed by atoms with Gasteiger partial charge in [0.1, 0.15) is 11.4 Å². The predicted molar refractivity (Wildman–Crippen MR) is 87.6 cm³/mol. The molecule has 122 valence electrons. The topological polar surface area (TPSA) is 80.4 Å². The third kappa shape index (κ3) is 3.32. The number of amides is 1. The molecular formula is C16H17ClN2O4. The Bertz CT molecular complexity index is 768. The lowest BCUT2D eigenvalue weighted by Gasteiger charge is -2.10. The first kappa shape index (κ1) is 16.9. The number of rotatable bonds is 4. The highest BCUT2D eigenvalue weighted by Crippen LogP contribution is 2.28. The summed E-state index contributed by atoms with van der Waals surface area (Å²) in [5.41, 5.74) is 2.17. The minimum Gasteiger partial charge on any atom is -0.495 e. The smallest absolute Gasteiger partial charge is 0.339 e. The van der Waals surface area contributed by atoms with E-state index in [0.717, 1.165) is 0 Å². The second-order valence-electron chi connectivity index (χ2n) is 4.92. The fourth-order valence-electron chi connectivity index (χ4n) is 2.35. The summed E-state index contributed by atoms with van der Waals surface area (Å²) in [6.07, 6.45) is 0. The molecule has 0 unspecified atom stereocenters. The van der Waals surface area contributed by atoms with E-state index in [9.17, 15) is 9.59 Å². The number of hydrogen-bond donors (Lipinski definition) is 2. The lowest BCUT2D eigenvalue weighted by molar-refractivity contribution is 0.0599. The number of hydrogen-bond acceptors (Lipinski definition) is 4. The number of methoxy groups -OCH3 is 2. The first-order chi connectivity index (χ1) is 10.9. The zero-order chi connectivity index (χ0) is 17.1. The molecular weight excluding hydrogens is 320 g/mol. The van der Waals surface area contributed by atoms with E-state index in [-0.39, 0.29) is 5.69 Å². The summed E-state index contributed by atoms with van der Waals surface area (Å²) in [7, 11) is 2.79. The summed E-state index contributed by atoms with van der Waals surface area (Å²) in [5, 5.41) is 3.19. The molecule has 0 aliphatic rings. The van der Waals surface area contributed by atoms with Gasteiger partial charge in [-0.25, -0.2) is 4.79 Å². The Morgan fingerprint density at radius 2 is 1.91 bits per heavy atom. The normalized spacial score (nSPS) is 10.3. The largest absolute Gasteiger partial charge is 0.495 e. The molecule has 1 heterocycles. The van der Waals surface area contributed by atoms with Gasteiger partial charge in [0.2, 0.25) is 0 Å². The highest BCUT2D eigenvalue weighted by Gasteiger charge is 2.23. The second-order valence-corrected chi connectivity index (χ2v) is 5.35. The van der Waals surface area contributed by atoms with E-state index in [4.69, 9.17) is 21.1 Å². The molecule has 2 rings (SSSR count). The Kier molecular flexibility index (Phi) is 4.95. The van der Waals surface area contributed by atoms with Crippen LogP contribution in [0.1, 0.15) is 32.1 Å². The van der Waals surface area contributed by atoms with Crippen molar-refractivity contribution < 1.29 is 19.1 Å². The van der Waals surface area contributed by atoms with Crippen LogP contribution in [-0.2, 0) is 4.74 Å². The second kappa shape index (κ2) is 6.75. The Morgan fingerprint density at radius 1 is 1.22 bits per heavy atom. The minimum atomic E-state index is -0.490. The molecule has 0 radical (unpaired) electrons. The standard InChI is InChI=1S/C16H17ClN2O4/c1-8-13(16(21)23-4)9(2)18-14(8)15(20)19-11-7-10(17)5-6-12(11)22-3/h5-7,18H,1-4H3,(H,19,20). The van der Waals surface area contributed by atoms with Crippen LogP contribution >= 0.6 is 11.6 Å². The molecule has 7 heteroatoms. The molecule has 2 aromatic rings. The lowest BCUT2D eigenvalue weighted by Crippen LogP contribution is -2.14. The van der Waals surface area contributed by atoms with E-state index < -0.39 is 11.9 Å². The average molecular weight is 337 g/mol. The van der Waals surface area contributed by atoms with Crippen molar-refractivity contribution in [1.29, 1.82) is 0 Å². The molecule has 1 aromatic heterocycles. The highest BCUT2D eigenvalue weighted by atomic mass is 35.5. The number of halogens is 1. The van der Waals surface area contributed by atoms with Crippen molar-refractivity contribution in [1.82, 2.24) is 4.98 Å². The molecule has 1 amide bonds. The summed E-state index contributed by atoms with van der Waals surface area (Å²) in [6.45, 7) is 3.38. The first-order valence-electron chi connectivity index (χ1n) is 6.81. The summed E-state index contributed by atoms with van der Waals surface area (Å²) in [6, 6.07) is 4.91. The van der Waals surface area contributed by atoms with Gasteiger partial charge in [-0.05, 0) is 37.6 Å².